The lowest BCUT2D eigenvalue weighted by Crippen LogP contribution is -2.44. The van der Waals surface area contributed by atoms with Crippen LogP contribution in [0.3, 0.4) is 0 Å². The molecule has 0 aromatic carbocycles. The second-order valence-corrected chi connectivity index (χ2v) is 7.68. The van der Waals surface area contributed by atoms with Gasteiger partial charge in [-0.15, -0.1) is 5.10 Å². The normalized spacial score (nSPS) is 21.9. The van der Waals surface area contributed by atoms with Gasteiger partial charge in [0.1, 0.15) is 11.8 Å². The first-order valence-electron chi connectivity index (χ1n) is 9.22. The third-order valence-corrected chi connectivity index (χ3v) is 5.15. The zero-order valence-electron chi connectivity index (χ0n) is 16.5. The molecule has 27 heavy (non-hydrogen) atoms. The molecular formula is C19H27FN4O3. The number of nitrogens with zero attached hydrogens (tertiary/aromatic N) is 3. The number of rotatable bonds is 5. The predicted molar refractivity (Wildman–Crippen MR) is 99.7 cm³/mol. The summed E-state index contributed by atoms with van der Waals surface area (Å²) >= 11 is 0. The second-order valence-electron chi connectivity index (χ2n) is 7.68. The van der Waals surface area contributed by atoms with E-state index in [1.54, 1.807) is 24.6 Å². The number of aromatic nitrogens is 3. The molecule has 3 atom stereocenters. The fourth-order valence-corrected chi connectivity index (χ4v) is 3.27. The summed E-state index contributed by atoms with van der Waals surface area (Å²) in [6.07, 6.45) is 2.00. The van der Waals surface area contributed by atoms with E-state index in [-0.39, 0.29) is 17.9 Å². The summed E-state index contributed by atoms with van der Waals surface area (Å²) in [5, 5.41) is 7.83. The third kappa shape index (κ3) is 4.21. The summed E-state index contributed by atoms with van der Waals surface area (Å²) in [6, 6.07) is 1.81. The number of carbonyl (C=O) groups is 1. The minimum absolute atomic E-state index is 0.143. The lowest BCUT2D eigenvalue weighted by Gasteiger charge is -2.31. The smallest absolute Gasteiger partial charge is 0.303 e. The van der Waals surface area contributed by atoms with Crippen LogP contribution in [0.4, 0.5) is 10.3 Å². The van der Waals surface area contributed by atoms with Crippen LogP contribution in [0.15, 0.2) is 12.3 Å². The highest BCUT2D eigenvalue weighted by atomic mass is 19.1. The maximum Gasteiger partial charge on any atom is 0.303 e. The molecule has 1 fully saturated rings. The minimum atomic E-state index is -1.37. The zero-order valence-corrected chi connectivity index (χ0v) is 16.5. The van der Waals surface area contributed by atoms with E-state index in [4.69, 9.17) is 9.47 Å². The Hall–Kier alpha value is -2.22. The van der Waals surface area contributed by atoms with Gasteiger partial charge in [-0.1, -0.05) is 6.92 Å². The Morgan fingerprint density at radius 3 is 2.93 bits per heavy atom. The molecule has 3 heterocycles. The van der Waals surface area contributed by atoms with Gasteiger partial charge in [0.15, 0.2) is 0 Å². The SMILES string of the molecule is CC(=O)O[C@@H]1COCC[C@H]1Nc1ncc2c(C)cc(C(C)C(C)(C)F)n2n1. The van der Waals surface area contributed by atoms with Crippen molar-refractivity contribution in [3.8, 4) is 0 Å². The van der Waals surface area contributed by atoms with Crippen molar-refractivity contribution in [1.82, 2.24) is 14.6 Å². The van der Waals surface area contributed by atoms with Crippen molar-refractivity contribution in [1.29, 1.82) is 0 Å². The van der Waals surface area contributed by atoms with E-state index < -0.39 is 11.8 Å². The van der Waals surface area contributed by atoms with E-state index in [1.165, 1.54) is 6.92 Å². The first-order valence-corrected chi connectivity index (χ1v) is 9.22. The number of anilines is 1. The van der Waals surface area contributed by atoms with E-state index in [0.717, 1.165) is 16.8 Å². The van der Waals surface area contributed by atoms with Crippen LogP contribution in [0.2, 0.25) is 0 Å². The van der Waals surface area contributed by atoms with Crippen LogP contribution in [0.5, 0.6) is 0 Å². The number of carbonyl (C=O) groups excluding carboxylic acids is 1. The standard InChI is InChI=1S/C19H27FN4O3/c1-11-8-15(12(2)19(4,5)20)24-16(11)9-21-18(23-24)22-14-6-7-26-10-17(14)27-13(3)25/h8-9,12,14,17H,6-7,10H2,1-5H3,(H,22,23)/t12?,14-,17-/m1/s1. The molecule has 2 aromatic heterocycles. The van der Waals surface area contributed by atoms with Crippen LogP contribution >= 0.6 is 0 Å². The first-order chi connectivity index (χ1) is 12.7. The lowest BCUT2D eigenvalue weighted by atomic mass is 9.91. The van der Waals surface area contributed by atoms with Crippen molar-refractivity contribution < 1.29 is 18.7 Å². The largest absolute Gasteiger partial charge is 0.458 e. The number of halogens is 1. The van der Waals surface area contributed by atoms with Crippen LogP contribution in [-0.2, 0) is 14.3 Å². The van der Waals surface area contributed by atoms with Gasteiger partial charge >= 0.3 is 5.97 Å². The molecule has 2 aromatic rings. The fraction of sp³-hybridized carbons (Fsp3) is 0.632. The highest BCUT2D eigenvalue weighted by Crippen LogP contribution is 2.33. The van der Waals surface area contributed by atoms with Crippen LogP contribution in [0.25, 0.3) is 5.52 Å². The van der Waals surface area contributed by atoms with E-state index in [2.05, 4.69) is 15.4 Å². The molecule has 8 heteroatoms. The Kier molecular flexibility index (Phi) is 5.37. The van der Waals surface area contributed by atoms with Gasteiger partial charge in [0, 0.05) is 25.1 Å². The van der Waals surface area contributed by atoms with Crippen molar-refractivity contribution in [3.63, 3.8) is 0 Å². The first kappa shape index (κ1) is 19.5. The van der Waals surface area contributed by atoms with Crippen molar-refractivity contribution in [2.24, 2.45) is 0 Å². The number of fused-ring (bicyclic) bond motifs is 1. The van der Waals surface area contributed by atoms with Gasteiger partial charge in [0.2, 0.25) is 5.95 Å². The highest BCUT2D eigenvalue weighted by molar-refractivity contribution is 5.66. The quantitative estimate of drug-likeness (QED) is 0.806. The molecule has 0 saturated carbocycles. The molecule has 0 radical (unpaired) electrons. The number of aryl methyl sites for hydroxylation is 1. The summed E-state index contributed by atoms with van der Waals surface area (Å²) < 4.78 is 27.0. The zero-order chi connectivity index (χ0) is 19.8. The van der Waals surface area contributed by atoms with Gasteiger partial charge < -0.3 is 14.8 Å². The Morgan fingerprint density at radius 2 is 2.26 bits per heavy atom. The summed E-state index contributed by atoms with van der Waals surface area (Å²) in [5.74, 6) is -0.276. The number of hydrogen-bond donors (Lipinski definition) is 1. The molecule has 0 aliphatic carbocycles. The van der Waals surface area contributed by atoms with Crippen LogP contribution in [-0.4, -0.2) is 51.6 Å². The van der Waals surface area contributed by atoms with Crippen LogP contribution in [0, 0.1) is 6.92 Å². The fourth-order valence-electron chi connectivity index (χ4n) is 3.27. The molecular weight excluding hydrogens is 351 g/mol. The minimum Gasteiger partial charge on any atom is -0.458 e. The summed E-state index contributed by atoms with van der Waals surface area (Å²) in [6.45, 7) is 9.23. The van der Waals surface area contributed by atoms with E-state index in [1.807, 2.05) is 19.9 Å². The molecule has 7 nitrogen and oxygen atoms in total. The number of ether oxygens (including phenoxy) is 2. The molecule has 1 N–H and O–H groups in total. The summed E-state index contributed by atoms with van der Waals surface area (Å²) in [7, 11) is 0. The van der Waals surface area contributed by atoms with Gasteiger partial charge in [-0.3, -0.25) is 4.79 Å². The third-order valence-electron chi connectivity index (χ3n) is 5.15. The molecule has 1 aliphatic heterocycles. The number of hydrogen-bond acceptors (Lipinski definition) is 6. The Balaban J connectivity index is 1.90. The van der Waals surface area contributed by atoms with Gasteiger partial charge in [-0.05, 0) is 38.8 Å². The maximum atomic E-state index is 14.5. The molecule has 0 amide bonds. The van der Waals surface area contributed by atoms with Gasteiger partial charge in [-0.25, -0.2) is 13.9 Å². The molecule has 1 saturated heterocycles. The topological polar surface area (TPSA) is 77.8 Å². The second kappa shape index (κ2) is 7.42. The van der Waals surface area contributed by atoms with Crippen LogP contribution in [0.1, 0.15) is 51.3 Å². The summed E-state index contributed by atoms with van der Waals surface area (Å²) in [4.78, 5) is 15.7. The van der Waals surface area contributed by atoms with Crippen molar-refractivity contribution in [3.05, 3.63) is 23.5 Å². The van der Waals surface area contributed by atoms with Crippen molar-refractivity contribution in [2.75, 3.05) is 18.5 Å². The van der Waals surface area contributed by atoms with Crippen molar-refractivity contribution in [2.45, 2.75) is 64.8 Å². The number of nitrogens with one attached hydrogen (secondary N) is 1. The molecule has 0 bridgehead atoms. The van der Waals surface area contributed by atoms with Gasteiger partial charge in [0.05, 0.1) is 24.4 Å². The lowest BCUT2D eigenvalue weighted by molar-refractivity contribution is -0.153. The van der Waals surface area contributed by atoms with E-state index >= 15 is 0 Å². The number of alkyl halides is 1. The number of esters is 1. The monoisotopic (exact) mass is 378 g/mol. The molecule has 148 valence electrons. The predicted octanol–water partition coefficient (Wildman–Crippen LogP) is 3.02. The molecule has 1 unspecified atom stereocenters. The molecule has 3 rings (SSSR count). The van der Waals surface area contributed by atoms with Crippen LogP contribution < -0.4 is 5.32 Å². The Bertz CT molecular complexity index is 830. The van der Waals surface area contributed by atoms with Crippen molar-refractivity contribution >= 4 is 17.4 Å². The Morgan fingerprint density at radius 1 is 1.52 bits per heavy atom. The Labute approximate surface area is 158 Å². The average Bonchev–Trinajstić information content (AvgIpc) is 2.91. The molecule has 0 spiro atoms. The molecule has 1 aliphatic rings. The van der Waals surface area contributed by atoms with Gasteiger partial charge in [0.25, 0.3) is 0 Å². The van der Waals surface area contributed by atoms with Gasteiger partial charge in [-0.2, -0.15) is 0 Å². The average molecular weight is 378 g/mol. The summed E-state index contributed by atoms with van der Waals surface area (Å²) in [5.41, 5.74) is 1.26. The van der Waals surface area contributed by atoms with E-state index in [9.17, 15) is 9.18 Å². The van der Waals surface area contributed by atoms with E-state index in [0.29, 0.717) is 25.6 Å². The highest BCUT2D eigenvalue weighted by Gasteiger charge is 2.31. The maximum absolute atomic E-state index is 14.5.